The lowest BCUT2D eigenvalue weighted by molar-refractivity contribution is -0.143. The molecule has 0 aliphatic carbocycles. The van der Waals surface area contributed by atoms with Crippen molar-refractivity contribution in [3.8, 4) is 5.40 Å². The van der Waals surface area contributed by atoms with Crippen molar-refractivity contribution in [2.45, 2.75) is 32.6 Å². The molecule has 0 amide bonds. The molecule has 0 radical (unpaired) electrons. The van der Waals surface area contributed by atoms with Crippen LogP contribution in [0.25, 0.3) is 0 Å². The minimum Gasteiger partial charge on any atom is -0.466 e. The number of nitriles is 1. The first-order valence-electron chi connectivity index (χ1n) is 4.47. The molecule has 0 fully saturated rings. The van der Waals surface area contributed by atoms with Crippen LogP contribution >= 0.6 is 11.8 Å². The van der Waals surface area contributed by atoms with Gasteiger partial charge < -0.3 is 4.74 Å². The van der Waals surface area contributed by atoms with Gasteiger partial charge in [0.2, 0.25) is 0 Å². The Kier molecular flexibility index (Phi) is 8.90. The van der Waals surface area contributed by atoms with Crippen molar-refractivity contribution in [3.63, 3.8) is 0 Å². The zero-order chi connectivity index (χ0) is 9.94. The summed E-state index contributed by atoms with van der Waals surface area (Å²) in [5, 5.41) is 10.2. The van der Waals surface area contributed by atoms with Gasteiger partial charge in [-0.05, 0) is 31.0 Å². The molecule has 0 spiro atoms. The van der Waals surface area contributed by atoms with E-state index in [9.17, 15) is 4.79 Å². The van der Waals surface area contributed by atoms with E-state index < -0.39 is 0 Å². The Labute approximate surface area is 83.4 Å². The molecule has 0 aliphatic heterocycles. The lowest BCUT2D eigenvalue weighted by atomic mass is 10.3. The zero-order valence-corrected chi connectivity index (χ0v) is 8.73. The number of unbranched alkanes of at least 4 members (excludes halogenated alkanes) is 2. The molecule has 0 rings (SSSR count). The molecular weight excluding hydrogens is 186 g/mol. The van der Waals surface area contributed by atoms with Gasteiger partial charge >= 0.3 is 5.97 Å². The Bertz CT molecular complexity index is 177. The number of carbonyl (C=O) groups excluding carboxylic acids is 1. The average molecular weight is 201 g/mol. The third-order valence-electron chi connectivity index (χ3n) is 1.51. The van der Waals surface area contributed by atoms with Gasteiger partial charge in [-0.2, -0.15) is 5.26 Å². The number of thiocyanates is 1. The van der Waals surface area contributed by atoms with Gasteiger partial charge in [-0.1, -0.05) is 6.92 Å². The Balaban J connectivity index is 3.00. The SMILES string of the molecule is CCC(=O)OCCCCCSC#N. The van der Waals surface area contributed by atoms with Crippen LogP contribution in [0.5, 0.6) is 0 Å². The second-order valence-electron chi connectivity index (χ2n) is 2.57. The minimum atomic E-state index is -0.133. The molecule has 0 aliphatic rings. The summed E-state index contributed by atoms with van der Waals surface area (Å²) in [6.07, 6.45) is 3.38. The van der Waals surface area contributed by atoms with Crippen molar-refractivity contribution in [1.82, 2.24) is 0 Å². The van der Waals surface area contributed by atoms with E-state index >= 15 is 0 Å². The largest absolute Gasteiger partial charge is 0.466 e. The zero-order valence-electron chi connectivity index (χ0n) is 7.91. The minimum absolute atomic E-state index is 0.133. The Morgan fingerprint density at radius 3 is 2.85 bits per heavy atom. The van der Waals surface area contributed by atoms with E-state index in [1.165, 1.54) is 11.8 Å². The molecule has 3 nitrogen and oxygen atoms in total. The van der Waals surface area contributed by atoms with Crippen molar-refractivity contribution < 1.29 is 9.53 Å². The number of nitrogens with zero attached hydrogens (tertiary/aromatic N) is 1. The van der Waals surface area contributed by atoms with Crippen LogP contribution in [0.3, 0.4) is 0 Å². The molecule has 0 N–H and O–H groups in total. The van der Waals surface area contributed by atoms with Crippen LogP contribution in [-0.2, 0) is 9.53 Å². The van der Waals surface area contributed by atoms with Gasteiger partial charge in [0, 0.05) is 12.2 Å². The van der Waals surface area contributed by atoms with Crippen LogP contribution in [0, 0.1) is 10.7 Å². The first kappa shape index (κ1) is 12.3. The van der Waals surface area contributed by atoms with Gasteiger partial charge in [-0.15, -0.1) is 0 Å². The molecule has 0 aromatic carbocycles. The first-order chi connectivity index (χ1) is 6.31. The fraction of sp³-hybridized carbons (Fsp3) is 0.778. The summed E-state index contributed by atoms with van der Waals surface area (Å²) in [6.45, 7) is 2.30. The van der Waals surface area contributed by atoms with E-state index in [-0.39, 0.29) is 5.97 Å². The van der Waals surface area contributed by atoms with Crippen LogP contribution in [0.4, 0.5) is 0 Å². The third-order valence-corrected chi connectivity index (χ3v) is 2.13. The maximum atomic E-state index is 10.7. The van der Waals surface area contributed by atoms with Crippen LogP contribution in [0.2, 0.25) is 0 Å². The van der Waals surface area contributed by atoms with Crippen LogP contribution in [-0.4, -0.2) is 18.3 Å². The second-order valence-corrected chi connectivity index (χ2v) is 3.45. The van der Waals surface area contributed by atoms with E-state index in [4.69, 9.17) is 10.00 Å². The summed E-state index contributed by atoms with van der Waals surface area (Å²) in [4.78, 5) is 10.7. The fourth-order valence-electron chi connectivity index (χ4n) is 0.787. The molecule has 4 heteroatoms. The maximum absolute atomic E-state index is 10.7. The van der Waals surface area contributed by atoms with E-state index in [2.05, 4.69) is 0 Å². The Morgan fingerprint density at radius 1 is 1.46 bits per heavy atom. The van der Waals surface area contributed by atoms with E-state index in [1.807, 2.05) is 5.40 Å². The summed E-state index contributed by atoms with van der Waals surface area (Å²) in [7, 11) is 0. The van der Waals surface area contributed by atoms with Crippen LogP contribution < -0.4 is 0 Å². The molecule has 0 saturated carbocycles. The van der Waals surface area contributed by atoms with Crippen molar-refractivity contribution in [2.75, 3.05) is 12.4 Å². The molecule has 0 bridgehead atoms. The third kappa shape index (κ3) is 9.22. The molecule has 74 valence electrons. The number of rotatable bonds is 7. The molecule has 0 heterocycles. The molecule has 0 atom stereocenters. The summed E-state index contributed by atoms with van der Waals surface area (Å²) < 4.78 is 4.89. The summed E-state index contributed by atoms with van der Waals surface area (Å²) in [5.41, 5.74) is 0. The normalized spacial score (nSPS) is 9.23. The molecular formula is C9H15NO2S. The number of ether oxygens (including phenoxy) is 1. The van der Waals surface area contributed by atoms with E-state index in [1.54, 1.807) is 6.92 Å². The number of carbonyl (C=O) groups is 1. The topological polar surface area (TPSA) is 50.1 Å². The highest BCUT2D eigenvalue weighted by Crippen LogP contribution is 2.04. The highest BCUT2D eigenvalue weighted by molar-refractivity contribution is 8.03. The number of esters is 1. The molecule has 0 unspecified atom stereocenters. The average Bonchev–Trinajstić information content (AvgIpc) is 2.16. The summed E-state index contributed by atoms with van der Waals surface area (Å²) in [6, 6.07) is 0. The van der Waals surface area contributed by atoms with Crippen LogP contribution in [0.15, 0.2) is 0 Å². The van der Waals surface area contributed by atoms with Gasteiger partial charge in [0.25, 0.3) is 0 Å². The predicted octanol–water partition coefficient (Wildman–Crippen LogP) is 2.32. The van der Waals surface area contributed by atoms with Gasteiger partial charge in [-0.25, -0.2) is 0 Å². The van der Waals surface area contributed by atoms with Crippen molar-refractivity contribution >= 4 is 17.7 Å². The lowest BCUT2D eigenvalue weighted by Crippen LogP contribution is -2.03. The van der Waals surface area contributed by atoms with Crippen molar-refractivity contribution in [1.29, 1.82) is 5.26 Å². The monoisotopic (exact) mass is 201 g/mol. The van der Waals surface area contributed by atoms with Crippen LogP contribution in [0.1, 0.15) is 32.6 Å². The number of hydrogen-bond acceptors (Lipinski definition) is 4. The molecule has 0 saturated heterocycles. The molecule has 0 aromatic rings. The predicted molar refractivity (Wildman–Crippen MR) is 53.2 cm³/mol. The van der Waals surface area contributed by atoms with Crippen molar-refractivity contribution in [2.24, 2.45) is 0 Å². The van der Waals surface area contributed by atoms with Crippen molar-refractivity contribution in [3.05, 3.63) is 0 Å². The molecule has 0 aromatic heterocycles. The highest BCUT2D eigenvalue weighted by Gasteiger charge is 1.96. The number of thioether (sulfide) groups is 1. The van der Waals surface area contributed by atoms with Gasteiger partial charge in [0.1, 0.15) is 5.40 Å². The van der Waals surface area contributed by atoms with Gasteiger partial charge in [0.05, 0.1) is 6.61 Å². The Morgan fingerprint density at radius 2 is 2.23 bits per heavy atom. The standard InChI is InChI=1S/C9H15NO2S/c1-2-9(11)12-6-4-3-5-7-13-8-10/h2-7H2,1H3. The molecule has 13 heavy (non-hydrogen) atoms. The quantitative estimate of drug-likeness (QED) is 0.360. The number of hydrogen-bond donors (Lipinski definition) is 0. The van der Waals surface area contributed by atoms with E-state index in [0.717, 1.165) is 25.0 Å². The maximum Gasteiger partial charge on any atom is 0.305 e. The van der Waals surface area contributed by atoms with Gasteiger partial charge in [0.15, 0.2) is 0 Å². The smallest absolute Gasteiger partial charge is 0.305 e. The Hall–Kier alpha value is -0.690. The first-order valence-corrected chi connectivity index (χ1v) is 5.46. The fourth-order valence-corrected chi connectivity index (χ4v) is 1.23. The second kappa shape index (κ2) is 9.40. The summed E-state index contributed by atoms with van der Waals surface area (Å²) >= 11 is 1.27. The highest BCUT2D eigenvalue weighted by atomic mass is 32.2. The van der Waals surface area contributed by atoms with E-state index in [0.29, 0.717) is 13.0 Å². The lowest BCUT2D eigenvalue weighted by Gasteiger charge is -2.01. The van der Waals surface area contributed by atoms with Gasteiger partial charge in [-0.3, -0.25) is 4.79 Å². The summed E-state index contributed by atoms with van der Waals surface area (Å²) in [5.74, 6) is 0.740.